The summed E-state index contributed by atoms with van der Waals surface area (Å²) in [5.74, 6) is 0.299. The number of aliphatic hydroxyl groups excluding tert-OH is 2. The summed E-state index contributed by atoms with van der Waals surface area (Å²) in [7, 11) is 0. The zero-order valence-corrected chi connectivity index (χ0v) is 17.5. The van der Waals surface area contributed by atoms with Gasteiger partial charge in [0.1, 0.15) is 18.5 Å². The Balaban J connectivity index is 1.49. The summed E-state index contributed by atoms with van der Waals surface area (Å²) in [5.41, 5.74) is 7.38. The fourth-order valence-electron chi connectivity index (χ4n) is 5.36. The molecule has 31 heavy (non-hydrogen) atoms. The molecule has 1 amide bonds. The zero-order valence-electron chi connectivity index (χ0n) is 17.5. The first kappa shape index (κ1) is 20.6. The molecular weight excluding hydrogens is 402 g/mol. The average Bonchev–Trinajstić information content (AvgIpc) is 3.29. The van der Waals surface area contributed by atoms with Crippen molar-refractivity contribution in [1.29, 1.82) is 0 Å². The predicted molar refractivity (Wildman–Crippen MR) is 111 cm³/mol. The second kappa shape index (κ2) is 7.97. The molecule has 3 fully saturated rings. The summed E-state index contributed by atoms with van der Waals surface area (Å²) < 4.78 is 7.32. The van der Waals surface area contributed by atoms with Crippen LogP contribution >= 0.6 is 0 Å². The number of anilines is 1. The Morgan fingerprint density at radius 3 is 2.68 bits per heavy atom. The minimum Gasteiger partial charge on any atom is -0.387 e. The van der Waals surface area contributed by atoms with E-state index in [9.17, 15) is 15.0 Å². The number of nitrogens with zero attached hydrogens (tertiary/aromatic N) is 5. The number of carbonyl (C=O) groups excluding carboxylic acids is 1. The number of hydrogen-bond donors (Lipinski definition) is 4. The van der Waals surface area contributed by atoms with Crippen LogP contribution in [0.25, 0.3) is 11.2 Å². The van der Waals surface area contributed by atoms with Crippen molar-refractivity contribution < 1.29 is 19.7 Å². The van der Waals surface area contributed by atoms with Crippen LogP contribution in [0.4, 0.5) is 5.82 Å². The first-order valence-corrected chi connectivity index (χ1v) is 11.0. The van der Waals surface area contributed by atoms with E-state index in [1.165, 1.54) is 19.1 Å². The second-order valence-electron chi connectivity index (χ2n) is 8.72. The quantitative estimate of drug-likeness (QED) is 0.499. The highest BCUT2D eigenvalue weighted by atomic mass is 16.6. The van der Waals surface area contributed by atoms with Crippen LogP contribution in [0.3, 0.4) is 0 Å². The summed E-state index contributed by atoms with van der Waals surface area (Å²) in [4.78, 5) is 28.0. The SMILES string of the molecule is CCNC(=O)[C@H]1O[C@@H](n2cnc3c(N4[C@@H]5CCC[C@H]4CC(N)C5)ncnc32)[C@H](O)[C@@H]1O. The first-order chi connectivity index (χ1) is 15.0. The Labute approximate surface area is 179 Å². The van der Waals surface area contributed by atoms with Gasteiger partial charge in [-0.05, 0) is 39.0 Å². The number of nitrogens with two attached hydrogens (primary N) is 1. The largest absolute Gasteiger partial charge is 0.387 e. The number of hydrogen-bond acceptors (Lipinski definition) is 9. The number of likely N-dealkylation sites (N-methyl/N-ethyl adjacent to an activating group) is 1. The molecule has 3 saturated heterocycles. The predicted octanol–water partition coefficient (Wildman–Crippen LogP) is -0.570. The maximum Gasteiger partial charge on any atom is 0.252 e. The maximum absolute atomic E-state index is 12.2. The number of imidazole rings is 1. The third kappa shape index (κ3) is 3.36. The number of nitrogens with one attached hydrogen (secondary N) is 1. The third-order valence-electron chi connectivity index (χ3n) is 6.72. The molecule has 3 aliphatic rings. The number of fused-ring (bicyclic) bond motifs is 3. The zero-order chi connectivity index (χ0) is 21.7. The van der Waals surface area contributed by atoms with Gasteiger partial charge < -0.3 is 30.9 Å². The molecule has 2 aromatic heterocycles. The minimum absolute atomic E-state index is 0.205. The smallest absolute Gasteiger partial charge is 0.252 e. The van der Waals surface area contributed by atoms with Gasteiger partial charge >= 0.3 is 0 Å². The molecule has 168 valence electrons. The number of piperidine rings is 2. The molecule has 5 heterocycles. The molecule has 5 N–H and O–H groups in total. The van der Waals surface area contributed by atoms with Gasteiger partial charge in [-0.15, -0.1) is 0 Å². The van der Waals surface area contributed by atoms with Crippen LogP contribution in [0.5, 0.6) is 0 Å². The summed E-state index contributed by atoms with van der Waals surface area (Å²) >= 11 is 0. The fourth-order valence-corrected chi connectivity index (χ4v) is 5.36. The van der Waals surface area contributed by atoms with Gasteiger partial charge in [0.05, 0.1) is 6.33 Å². The van der Waals surface area contributed by atoms with Crippen molar-refractivity contribution in [1.82, 2.24) is 24.8 Å². The number of carbonyl (C=O) groups is 1. The molecule has 0 saturated carbocycles. The Hall–Kier alpha value is -2.34. The van der Waals surface area contributed by atoms with Crippen LogP contribution in [0.1, 0.15) is 45.3 Å². The van der Waals surface area contributed by atoms with E-state index in [0.717, 1.165) is 31.5 Å². The highest BCUT2D eigenvalue weighted by molar-refractivity contribution is 5.84. The third-order valence-corrected chi connectivity index (χ3v) is 6.72. The lowest BCUT2D eigenvalue weighted by molar-refractivity contribution is -0.137. The van der Waals surface area contributed by atoms with E-state index in [0.29, 0.717) is 29.8 Å². The minimum atomic E-state index is -1.35. The van der Waals surface area contributed by atoms with Gasteiger partial charge in [0.15, 0.2) is 29.3 Å². The van der Waals surface area contributed by atoms with Crippen LogP contribution in [0.2, 0.25) is 0 Å². The van der Waals surface area contributed by atoms with Crippen molar-refractivity contribution in [2.24, 2.45) is 5.73 Å². The summed E-state index contributed by atoms with van der Waals surface area (Å²) in [6, 6.07) is 0.849. The van der Waals surface area contributed by atoms with E-state index in [4.69, 9.17) is 10.5 Å². The van der Waals surface area contributed by atoms with Gasteiger partial charge in [-0.3, -0.25) is 9.36 Å². The maximum atomic E-state index is 12.2. The monoisotopic (exact) mass is 431 g/mol. The topological polar surface area (TPSA) is 152 Å². The Kier molecular flexibility index (Phi) is 5.29. The number of amides is 1. The van der Waals surface area contributed by atoms with Gasteiger partial charge in [-0.2, -0.15) is 0 Å². The lowest BCUT2D eigenvalue weighted by Gasteiger charge is -2.48. The number of rotatable bonds is 4. The van der Waals surface area contributed by atoms with E-state index < -0.39 is 30.4 Å². The van der Waals surface area contributed by atoms with Crippen LogP contribution in [-0.4, -0.2) is 78.6 Å². The Bertz CT molecular complexity index is 954. The van der Waals surface area contributed by atoms with Gasteiger partial charge in [-0.1, -0.05) is 0 Å². The molecule has 2 bridgehead atoms. The Morgan fingerprint density at radius 1 is 1.23 bits per heavy atom. The highest BCUT2D eigenvalue weighted by Crippen LogP contribution is 2.39. The molecule has 11 heteroatoms. The van der Waals surface area contributed by atoms with Crippen molar-refractivity contribution in [2.75, 3.05) is 11.4 Å². The standard InChI is InChI=1S/C20H29N7O4/c1-2-22-19(30)16-14(28)15(29)20(31-16)26-9-25-13-17(26)23-8-24-18(13)27-11-4-3-5-12(27)7-10(21)6-11/h8-12,14-16,20,28-29H,2-7,21H2,1H3,(H,22,30)/t10?,11-,12+,14-,15+,16-,20+/m0/s1. The van der Waals surface area contributed by atoms with Gasteiger partial charge in [0.25, 0.3) is 5.91 Å². The number of aliphatic hydroxyl groups is 2. The first-order valence-electron chi connectivity index (χ1n) is 11.0. The molecule has 11 nitrogen and oxygen atoms in total. The number of ether oxygens (including phenoxy) is 1. The van der Waals surface area contributed by atoms with E-state index >= 15 is 0 Å². The van der Waals surface area contributed by atoms with Crippen LogP contribution < -0.4 is 16.0 Å². The molecule has 0 aromatic carbocycles. The molecular formula is C20H29N7O4. The van der Waals surface area contributed by atoms with Crippen LogP contribution in [-0.2, 0) is 9.53 Å². The van der Waals surface area contributed by atoms with Gasteiger partial charge in [-0.25, -0.2) is 15.0 Å². The average molecular weight is 431 g/mol. The van der Waals surface area contributed by atoms with E-state index in [1.54, 1.807) is 11.5 Å². The molecule has 7 atom stereocenters. The lowest BCUT2D eigenvalue weighted by Crippen LogP contribution is -2.55. The summed E-state index contributed by atoms with van der Waals surface area (Å²) in [6.07, 6.45) is 3.39. The van der Waals surface area contributed by atoms with E-state index in [-0.39, 0.29) is 6.04 Å². The summed E-state index contributed by atoms with van der Waals surface area (Å²) in [5, 5.41) is 23.6. The molecule has 1 unspecified atom stereocenters. The second-order valence-corrected chi connectivity index (χ2v) is 8.72. The molecule has 5 rings (SSSR count). The van der Waals surface area contributed by atoms with Gasteiger partial charge in [0, 0.05) is 24.7 Å². The van der Waals surface area contributed by atoms with Crippen molar-refractivity contribution >= 4 is 22.9 Å². The highest BCUT2D eigenvalue weighted by Gasteiger charge is 2.48. The van der Waals surface area contributed by atoms with Crippen molar-refractivity contribution in [3.05, 3.63) is 12.7 Å². The summed E-state index contributed by atoms with van der Waals surface area (Å²) in [6.45, 7) is 2.18. The number of aromatic nitrogens is 4. The van der Waals surface area contributed by atoms with E-state index in [2.05, 4.69) is 25.2 Å². The molecule has 0 spiro atoms. The molecule has 0 aliphatic carbocycles. The molecule has 0 radical (unpaired) electrons. The van der Waals surface area contributed by atoms with Crippen LogP contribution in [0.15, 0.2) is 12.7 Å². The van der Waals surface area contributed by atoms with Crippen LogP contribution in [0, 0.1) is 0 Å². The lowest BCUT2D eigenvalue weighted by atomic mass is 9.82. The fraction of sp³-hybridized carbons (Fsp3) is 0.700. The van der Waals surface area contributed by atoms with E-state index in [1.807, 2.05) is 0 Å². The van der Waals surface area contributed by atoms with Crippen molar-refractivity contribution in [3.63, 3.8) is 0 Å². The van der Waals surface area contributed by atoms with Crippen molar-refractivity contribution in [3.8, 4) is 0 Å². The normalized spacial score (nSPS) is 35.5. The molecule has 2 aromatic rings. The molecule has 3 aliphatic heterocycles. The van der Waals surface area contributed by atoms with Crippen molar-refractivity contribution in [2.45, 2.75) is 81.7 Å². The van der Waals surface area contributed by atoms with Gasteiger partial charge in [0.2, 0.25) is 0 Å². The Morgan fingerprint density at radius 2 is 1.97 bits per heavy atom.